The van der Waals surface area contributed by atoms with Crippen LogP contribution in [0, 0.1) is 17.5 Å². The summed E-state index contributed by atoms with van der Waals surface area (Å²) in [6.07, 6.45) is 0. The number of halogens is 3. The molecular weight excluding hydrogens is 252 g/mol. The van der Waals surface area contributed by atoms with Crippen molar-refractivity contribution >= 4 is 12.2 Å². The Kier molecular flexibility index (Phi) is 3.83. The molecule has 0 spiro atoms. The van der Waals surface area contributed by atoms with E-state index in [1.807, 2.05) is 0 Å². The molecule has 0 atom stereocenters. The van der Waals surface area contributed by atoms with Crippen molar-refractivity contribution in [2.24, 2.45) is 0 Å². The van der Waals surface area contributed by atoms with E-state index in [9.17, 15) is 13.2 Å². The molecule has 2 aromatic carbocycles. The SMILES string of the molecule is CB(C)c1ccc(Oc2cccc(F)c2)c(F)c1F. The van der Waals surface area contributed by atoms with Gasteiger partial charge < -0.3 is 4.74 Å². The fourth-order valence-electron chi connectivity index (χ4n) is 1.73. The van der Waals surface area contributed by atoms with Crippen LogP contribution < -0.4 is 10.2 Å². The summed E-state index contributed by atoms with van der Waals surface area (Å²) >= 11 is 0. The number of hydrogen-bond acceptors (Lipinski definition) is 1. The smallest absolute Gasteiger partial charge is 0.200 e. The van der Waals surface area contributed by atoms with Crippen molar-refractivity contribution in [3.05, 3.63) is 53.8 Å². The summed E-state index contributed by atoms with van der Waals surface area (Å²) in [6, 6.07) is 8.06. The van der Waals surface area contributed by atoms with E-state index in [4.69, 9.17) is 4.74 Å². The lowest BCUT2D eigenvalue weighted by Gasteiger charge is -2.10. The Morgan fingerprint density at radius 1 is 0.947 bits per heavy atom. The fourth-order valence-corrected chi connectivity index (χ4v) is 1.73. The maximum atomic E-state index is 13.8. The van der Waals surface area contributed by atoms with Crippen LogP contribution in [-0.4, -0.2) is 6.71 Å². The molecule has 1 nitrogen and oxygen atoms in total. The Hall–Kier alpha value is -1.91. The van der Waals surface area contributed by atoms with Gasteiger partial charge in [0.2, 0.25) is 5.82 Å². The number of hydrogen-bond donors (Lipinski definition) is 0. The maximum absolute atomic E-state index is 13.8. The third-order valence-corrected chi connectivity index (χ3v) is 2.72. The molecule has 0 unspecified atom stereocenters. The monoisotopic (exact) mass is 264 g/mol. The molecular formula is C14H12BF3O. The lowest BCUT2D eigenvalue weighted by Crippen LogP contribution is -2.27. The van der Waals surface area contributed by atoms with Gasteiger partial charge in [-0.25, -0.2) is 8.78 Å². The largest absolute Gasteiger partial charge is 0.454 e. The van der Waals surface area contributed by atoms with Gasteiger partial charge in [0, 0.05) is 6.07 Å². The van der Waals surface area contributed by atoms with Gasteiger partial charge >= 0.3 is 0 Å². The average molecular weight is 264 g/mol. The Morgan fingerprint density at radius 3 is 2.32 bits per heavy atom. The Morgan fingerprint density at radius 2 is 1.68 bits per heavy atom. The lowest BCUT2D eigenvalue weighted by molar-refractivity contribution is 0.416. The van der Waals surface area contributed by atoms with Crippen LogP contribution in [0.25, 0.3) is 0 Å². The summed E-state index contributed by atoms with van der Waals surface area (Å²) in [5.41, 5.74) is 0.282. The van der Waals surface area contributed by atoms with Crippen LogP contribution in [0.15, 0.2) is 36.4 Å². The normalized spacial score (nSPS) is 10.4. The molecule has 19 heavy (non-hydrogen) atoms. The first-order chi connectivity index (χ1) is 8.99. The van der Waals surface area contributed by atoms with Crippen molar-refractivity contribution in [2.45, 2.75) is 13.6 Å². The first kappa shape index (κ1) is 13.5. The molecule has 0 radical (unpaired) electrons. The van der Waals surface area contributed by atoms with E-state index in [1.165, 1.54) is 30.3 Å². The molecule has 0 bridgehead atoms. The van der Waals surface area contributed by atoms with Crippen LogP contribution in [0.3, 0.4) is 0 Å². The second kappa shape index (κ2) is 5.39. The molecule has 0 fully saturated rings. The highest BCUT2D eigenvalue weighted by Crippen LogP contribution is 2.25. The summed E-state index contributed by atoms with van der Waals surface area (Å²) in [5, 5.41) is 0. The molecule has 0 N–H and O–H groups in total. The van der Waals surface area contributed by atoms with E-state index >= 15 is 0 Å². The van der Waals surface area contributed by atoms with Crippen LogP contribution in [-0.2, 0) is 0 Å². The van der Waals surface area contributed by atoms with Gasteiger partial charge in [-0.2, -0.15) is 4.39 Å². The van der Waals surface area contributed by atoms with Crippen molar-refractivity contribution < 1.29 is 17.9 Å². The molecule has 0 amide bonds. The third kappa shape index (κ3) is 2.92. The maximum Gasteiger partial charge on any atom is 0.200 e. The van der Waals surface area contributed by atoms with Crippen LogP contribution in [0.5, 0.6) is 11.5 Å². The van der Waals surface area contributed by atoms with Gasteiger partial charge in [0.05, 0.1) is 0 Å². The lowest BCUT2D eigenvalue weighted by atomic mass is 9.49. The molecule has 0 aliphatic carbocycles. The number of ether oxygens (including phenoxy) is 1. The second-order valence-corrected chi connectivity index (χ2v) is 4.50. The fraction of sp³-hybridized carbons (Fsp3) is 0.143. The molecule has 0 aromatic heterocycles. The molecule has 0 aliphatic rings. The van der Waals surface area contributed by atoms with E-state index in [1.54, 1.807) is 13.6 Å². The van der Waals surface area contributed by atoms with Crippen molar-refractivity contribution in [1.29, 1.82) is 0 Å². The predicted octanol–water partition coefficient (Wildman–Crippen LogP) is 3.86. The highest BCUT2D eigenvalue weighted by Gasteiger charge is 2.18. The first-order valence-electron chi connectivity index (χ1n) is 5.90. The molecule has 2 aromatic rings. The molecule has 98 valence electrons. The minimum atomic E-state index is -1.06. The number of benzene rings is 2. The van der Waals surface area contributed by atoms with Crippen molar-refractivity contribution in [1.82, 2.24) is 0 Å². The third-order valence-electron chi connectivity index (χ3n) is 2.72. The Balaban J connectivity index is 2.34. The van der Waals surface area contributed by atoms with Crippen LogP contribution in [0.1, 0.15) is 0 Å². The van der Waals surface area contributed by atoms with Crippen LogP contribution in [0.4, 0.5) is 13.2 Å². The summed E-state index contributed by atoms with van der Waals surface area (Å²) < 4.78 is 45.7. The molecule has 5 heteroatoms. The summed E-state index contributed by atoms with van der Waals surface area (Å²) in [5.74, 6) is -2.63. The van der Waals surface area contributed by atoms with Crippen molar-refractivity contribution in [3.8, 4) is 11.5 Å². The molecule has 2 rings (SSSR count). The molecule has 0 heterocycles. The summed E-state index contributed by atoms with van der Waals surface area (Å²) in [7, 11) is 0. The van der Waals surface area contributed by atoms with E-state index in [0.29, 0.717) is 0 Å². The molecule has 0 saturated heterocycles. The highest BCUT2D eigenvalue weighted by atomic mass is 19.2. The van der Waals surface area contributed by atoms with Gasteiger partial charge in [-0.3, -0.25) is 0 Å². The zero-order valence-corrected chi connectivity index (χ0v) is 10.6. The summed E-state index contributed by atoms with van der Waals surface area (Å²) in [6.45, 7) is 3.41. The van der Waals surface area contributed by atoms with E-state index < -0.39 is 17.5 Å². The minimum absolute atomic E-state index is 0.121. The standard InChI is InChI=1S/C14H12BF3O/c1-15(2)11-6-7-12(14(18)13(11)17)19-10-5-3-4-9(16)8-10/h3-8H,1-2H3. The highest BCUT2D eigenvalue weighted by molar-refractivity contribution is 6.70. The zero-order valence-electron chi connectivity index (χ0n) is 10.6. The van der Waals surface area contributed by atoms with Crippen molar-refractivity contribution in [3.63, 3.8) is 0 Å². The second-order valence-electron chi connectivity index (χ2n) is 4.50. The van der Waals surface area contributed by atoms with Gasteiger partial charge in [-0.15, -0.1) is 0 Å². The average Bonchev–Trinajstić information content (AvgIpc) is 2.35. The topological polar surface area (TPSA) is 9.23 Å². The first-order valence-corrected chi connectivity index (χ1v) is 5.90. The van der Waals surface area contributed by atoms with Gasteiger partial charge in [0.25, 0.3) is 0 Å². The van der Waals surface area contributed by atoms with Gasteiger partial charge in [-0.05, 0) is 23.7 Å². The quantitative estimate of drug-likeness (QED) is 0.765. The van der Waals surface area contributed by atoms with Gasteiger partial charge in [-0.1, -0.05) is 25.8 Å². The summed E-state index contributed by atoms with van der Waals surface area (Å²) in [4.78, 5) is 0. The Labute approximate surface area is 110 Å². The van der Waals surface area contributed by atoms with E-state index in [-0.39, 0.29) is 23.7 Å². The van der Waals surface area contributed by atoms with E-state index in [0.717, 1.165) is 6.07 Å². The number of rotatable bonds is 3. The van der Waals surface area contributed by atoms with Crippen molar-refractivity contribution in [2.75, 3.05) is 0 Å². The van der Waals surface area contributed by atoms with E-state index in [2.05, 4.69) is 0 Å². The van der Waals surface area contributed by atoms with Crippen LogP contribution in [0.2, 0.25) is 13.6 Å². The predicted molar refractivity (Wildman–Crippen MR) is 69.9 cm³/mol. The zero-order chi connectivity index (χ0) is 14.0. The van der Waals surface area contributed by atoms with Crippen LogP contribution >= 0.6 is 0 Å². The van der Waals surface area contributed by atoms with Gasteiger partial charge in [0.15, 0.2) is 18.3 Å². The van der Waals surface area contributed by atoms with Gasteiger partial charge in [0.1, 0.15) is 11.6 Å². The molecule has 0 saturated carbocycles. The Bertz CT molecular complexity index is 599. The molecule has 0 aliphatic heterocycles. The minimum Gasteiger partial charge on any atom is -0.454 e.